The molecule has 2 N–H and O–H groups in total. The van der Waals surface area contributed by atoms with Crippen LogP contribution >= 0.6 is 0 Å². The smallest absolute Gasteiger partial charge is 1.00 e. The number of nitrogens with zero attached hydrogens (tertiary/aromatic N) is 1. The summed E-state index contributed by atoms with van der Waals surface area (Å²) < 4.78 is 11.3. The standard InChI is InChI=1S/C13H16N2O7.Na.H/c1-6-4-15(13(20)14-11(6)18)10-3-8(17)9(22-10)5-21-12(19)7(2)16;;/h4,8-10,17H,3,5H2,1-2H3,(H,14,18,20);;/q;+1;-1/t8?,9-,10-;;/m1../s1. The van der Waals surface area contributed by atoms with Gasteiger partial charge in [-0.1, -0.05) is 0 Å². The van der Waals surface area contributed by atoms with Crippen molar-refractivity contribution in [2.45, 2.75) is 38.7 Å². The van der Waals surface area contributed by atoms with Crippen molar-refractivity contribution in [2.24, 2.45) is 0 Å². The number of hydrogen-bond acceptors (Lipinski definition) is 7. The van der Waals surface area contributed by atoms with Crippen molar-refractivity contribution in [3.8, 4) is 0 Å². The second kappa shape index (κ2) is 8.02. The number of ketones is 1. The van der Waals surface area contributed by atoms with Crippen molar-refractivity contribution < 1.29 is 55.2 Å². The molecule has 0 amide bonds. The summed E-state index contributed by atoms with van der Waals surface area (Å²) >= 11 is 0. The van der Waals surface area contributed by atoms with Crippen LogP contribution in [-0.2, 0) is 19.1 Å². The largest absolute Gasteiger partial charge is 1.00 e. The number of aromatic amines is 1. The zero-order valence-corrected chi connectivity index (χ0v) is 15.1. The maximum atomic E-state index is 11.8. The van der Waals surface area contributed by atoms with E-state index in [0.29, 0.717) is 5.56 Å². The Labute approximate surface area is 154 Å². The minimum absolute atomic E-state index is 0. The van der Waals surface area contributed by atoms with Crippen LogP contribution < -0.4 is 40.8 Å². The third kappa shape index (κ3) is 4.61. The van der Waals surface area contributed by atoms with Crippen LogP contribution in [0.1, 0.15) is 26.6 Å². The molecule has 1 unspecified atom stereocenters. The molecule has 0 bridgehead atoms. The molecule has 10 heteroatoms. The van der Waals surface area contributed by atoms with Gasteiger partial charge in [-0.2, -0.15) is 0 Å². The van der Waals surface area contributed by atoms with E-state index in [0.717, 1.165) is 11.5 Å². The van der Waals surface area contributed by atoms with Gasteiger partial charge in [-0.05, 0) is 6.92 Å². The number of ether oxygens (including phenoxy) is 2. The molecule has 0 spiro atoms. The number of esters is 1. The number of aliphatic hydroxyl groups is 1. The van der Waals surface area contributed by atoms with Gasteiger partial charge in [-0.15, -0.1) is 0 Å². The Balaban J connectivity index is 0.00000264. The van der Waals surface area contributed by atoms with Crippen LogP contribution in [0, 0.1) is 6.92 Å². The fraction of sp³-hybridized carbons (Fsp3) is 0.538. The molecule has 1 fully saturated rings. The number of aliphatic hydroxyl groups excluding tert-OH is 1. The number of rotatable bonds is 4. The third-order valence-electron chi connectivity index (χ3n) is 3.33. The van der Waals surface area contributed by atoms with E-state index in [9.17, 15) is 24.3 Å². The van der Waals surface area contributed by atoms with Crippen LogP contribution in [0.4, 0.5) is 0 Å². The Kier molecular flexibility index (Phi) is 6.90. The summed E-state index contributed by atoms with van der Waals surface area (Å²) in [5.41, 5.74) is -0.829. The van der Waals surface area contributed by atoms with Gasteiger partial charge >= 0.3 is 41.2 Å². The first kappa shape index (κ1) is 19.8. The first-order valence-electron chi connectivity index (χ1n) is 6.63. The average molecular weight is 336 g/mol. The van der Waals surface area contributed by atoms with Gasteiger partial charge < -0.3 is 16.0 Å². The van der Waals surface area contributed by atoms with Gasteiger partial charge in [0.05, 0.1) is 6.10 Å². The normalized spacial score (nSPS) is 23.2. The molecule has 1 saturated heterocycles. The fourth-order valence-corrected chi connectivity index (χ4v) is 2.10. The zero-order chi connectivity index (χ0) is 16.4. The number of aromatic nitrogens is 2. The van der Waals surface area contributed by atoms with Crippen molar-refractivity contribution in [3.05, 3.63) is 32.6 Å². The van der Waals surface area contributed by atoms with E-state index in [1.165, 1.54) is 13.1 Å². The van der Waals surface area contributed by atoms with E-state index >= 15 is 0 Å². The molecule has 1 aromatic rings. The number of Topliss-reactive ketones (excluding diaryl/α,β-unsaturated/α-hetero) is 1. The Hall–Kier alpha value is -1.26. The maximum Gasteiger partial charge on any atom is 1.00 e. The summed E-state index contributed by atoms with van der Waals surface area (Å²) in [7, 11) is 0. The molecule has 1 aliphatic rings. The molecule has 2 rings (SSSR count). The predicted octanol–water partition coefficient (Wildman–Crippen LogP) is -4.26. The Bertz CT molecular complexity index is 717. The van der Waals surface area contributed by atoms with Crippen LogP contribution in [0.25, 0.3) is 0 Å². The molecule has 0 aromatic carbocycles. The second-order valence-corrected chi connectivity index (χ2v) is 5.07. The second-order valence-electron chi connectivity index (χ2n) is 5.07. The predicted molar refractivity (Wildman–Crippen MR) is 73.3 cm³/mol. The number of H-pyrrole nitrogens is 1. The van der Waals surface area contributed by atoms with Crippen molar-refractivity contribution in [1.82, 2.24) is 9.55 Å². The summed E-state index contributed by atoms with van der Waals surface area (Å²) in [6, 6.07) is 0. The van der Waals surface area contributed by atoms with Crippen LogP contribution in [0.2, 0.25) is 0 Å². The number of nitrogens with one attached hydrogen (secondary N) is 1. The minimum atomic E-state index is -1.02. The molecule has 2 heterocycles. The van der Waals surface area contributed by atoms with Crippen molar-refractivity contribution in [1.29, 1.82) is 0 Å². The van der Waals surface area contributed by atoms with E-state index < -0.39 is 41.4 Å². The number of carbonyl (C=O) groups excluding carboxylic acids is 2. The monoisotopic (exact) mass is 336 g/mol. The number of aryl methyl sites for hydroxylation is 1. The maximum absolute atomic E-state index is 11.8. The molecular weight excluding hydrogens is 319 g/mol. The van der Waals surface area contributed by atoms with Crippen molar-refractivity contribution in [3.63, 3.8) is 0 Å². The molecule has 1 aliphatic heterocycles. The van der Waals surface area contributed by atoms with Crippen LogP contribution in [-0.4, -0.2) is 45.2 Å². The van der Waals surface area contributed by atoms with E-state index in [2.05, 4.69) is 4.98 Å². The van der Waals surface area contributed by atoms with Gasteiger partial charge in [0, 0.05) is 25.1 Å². The van der Waals surface area contributed by atoms with Crippen LogP contribution in [0.5, 0.6) is 0 Å². The van der Waals surface area contributed by atoms with E-state index in [1.54, 1.807) is 0 Å². The zero-order valence-electron chi connectivity index (χ0n) is 14.1. The average Bonchev–Trinajstić information content (AvgIpc) is 2.81. The molecule has 1 aromatic heterocycles. The fourth-order valence-electron chi connectivity index (χ4n) is 2.10. The Morgan fingerprint density at radius 2 is 2.17 bits per heavy atom. The van der Waals surface area contributed by atoms with Gasteiger partial charge in [0.2, 0.25) is 5.78 Å². The molecule has 0 saturated carbocycles. The summed E-state index contributed by atoms with van der Waals surface area (Å²) in [5, 5.41) is 9.90. The first-order valence-corrected chi connectivity index (χ1v) is 6.63. The number of carbonyl (C=O) groups is 2. The van der Waals surface area contributed by atoms with Gasteiger partial charge in [0.1, 0.15) is 18.9 Å². The molecule has 0 radical (unpaired) electrons. The van der Waals surface area contributed by atoms with Crippen LogP contribution in [0.15, 0.2) is 15.8 Å². The van der Waals surface area contributed by atoms with E-state index in [1.807, 2.05) is 0 Å². The molecule has 122 valence electrons. The van der Waals surface area contributed by atoms with Crippen molar-refractivity contribution in [2.75, 3.05) is 6.61 Å². The van der Waals surface area contributed by atoms with Crippen LogP contribution in [0.3, 0.4) is 0 Å². The summed E-state index contributed by atoms with van der Waals surface area (Å²) in [5.74, 6) is -1.77. The number of hydrogen-bond donors (Lipinski definition) is 2. The minimum Gasteiger partial charge on any atom is -1.00 e. The van der Waals surface area contributed by atoms with Gasteiger partial charge in [-0.3, -0.25) is 19.1 Å². The molecule has 0 aliphatic carbocycles. The van der Waals surface area contributed by atoms with Gasteiger partial charge in [0.15, 0.2) is 0 Å². The Morgan fingerprint density at radius 3 is 2.78 bits per heavy atom. The van der Waals surface area contributed by atoms with Crippen molar-refractivity contribution >= 4 is 11.8 Å². The third-order valence-corrected chi connectivity index (χ3v) is 3.33. The molecular formula is C13H17N2NaO7. The topological polar surface area (TPSA) is 128 Å². The molecule has 9 nitrogen and oxygen atoms in total. The van der Waals surface area contributed by atoms with Gasteiger partial charge in [-0.25, -0.2) is 9.59 Å². The van der Waals surface area contributed by atoms with E-state index in [-0.39, 0.29) is 44.0 Å². The summed E-state index contributed by atoms with van der Waals surface area (Å²) in [6.07, 6.45) is -1.19. The Morgan fingerprint density at radius 1 is 1.52 bits per heavy atom. The van der Waals surface area contributed by atoms with Gasteiger partial charge in [0.25, 0.3) is 5.56 Å². The quantitative estimate of drug-likeness (QED) is 0.324. The summed E-state index contributed by atoms with van der Waals surface area (Å²) in [6.45, 7) is 2.30. The summed E-state index contributed by atoms with van der Waals surface area (Å²) in [4.78, 5) is 47.1. The molecule has 23 heavy (non-hydrogen) atoms. The molecule has 3 atom stereocenters. The first-order chi connectivity index (χ1) is 10.3. The SMILES string of the molecule is CC(=O)C(=O)OC[C@H]1O[C@@H](n2cc(C)c(=O)[nH]c2=O)CC1O.[H-].[Na+]. The van der Waals surface area contributed by atoms with E-state index in [4.69, 9.17) is 9.47 Å².